The first-order valence-electron chi connectivity index (χ1n) is 7.65. The molecule has 1 aromatic rings. The topological polar surface area (TPSA) is 75.7 Å². The highest BCUT2D eigenvalue weighted by Crippen LogP contribution is 2.35. The van der Waals surface area contributed by atoms with E-state index in [0.29, 0.717) is 29.3 Å². The molecule has 2 aliphatic rings. The molecule has 1 N–H and O–H groups in total. The smallest absolute Gasteiger partial charge is 0.244 e. The number of hydrogen-bond donors (Lipinski definition) is 1. The van der Waals surface area contributed by atoms with Gasteiger partial charge in [-0.15, -0.1) is 0 Å². The summed E-state index contributed by atoms with van der Waals surface area (Å²) < 4.78 is 5.05. The van der Waals surface area contributed by atoms with Gasteiger partial charge in [-0.1, -0.05) is 23.8 Å². The number of carbonyl (C=O) groups excluding carboxylic acids is 3. The number of amides is 3. The van der Waals surface area contributed by atoms with Gasteiger partial charge in [-0.3, -0.25) is 19.3 Å². The Labute approximate surface area is 144 Å². The number of imide groups is 1. The van der Waals surface area contributed by atoms with E-state index in [1.807, 2.05) is 12.2 Å². The van der Waals surface area contributed by atoms with Crippen LogP contribution in [0.1, 0.15) is 12.8 Å². The predicted octanol–water partition coefficient (Wildman–Crippen LogP) is 2.24. The highest BCUT2D eigenvalue weighted by Gasteiger charge is 2.47. The van der Waals surface area contributed by atoms with E-state index in [9.17, 15) is 14.4 Å². The van der Waals surface area contributed by atoms with Crippen molar-refractivity contribution < 1.29 is 19.1 Å². The number of fused-ring (bicyclic) bond motifs is 1. The molecule has 0 unspecified atom stereocenters. The van der Waals surface area contributed by atoms with Gasteiger partial charge in [-0.05, 0) is 31.0 Å². The minimum atomic E-state index is -0.440. The van der Waals surface area contributed by atoms with Gasteiger partial charge < -0.3 is 10.1 Å². The summed E-state index contributed by atoms with van der Waals surface area (Å²) in [5.41, 5.74) is 0.476. The summed E-state index contributed by atoms with van der Waals surface area (Å²) in [6.07, 6.45) is 4.94. The van der Waals surface area contributed by atoms with E-state index in [4.69, 9.17) is 16.3 Å². The number of nitrogens with one attached hydrogen (secondary N) is 1. The first-order valence-corrected chi connectivity index (χ1v) is 8.02. The maximum Gasteiger partial charge on any atom is 0.244 e. The van der Waals surface area contributed by atoms with Gasteiger partial charge in [0.25, 0.3) is 0 Å². The summed E-state index contributed by atoms with van der Waals surface area (Å²) in [5.74, 6) is -1.13. The summed E-state index contributed by atoms with van der Waals surface area (Å²) >= 11 is 6.01. The average molecular weight is 349 g/mol. The monoisotopic (exact) mass is 348 g/mol. The molecule has 0 aromatic heterocycles. The van der Waals surface area contributed by atoms with Gasteiger partial charge in [0.15, 0.2) is 0 Å². The minimum Gasteiger partial charge on any atom is -0.495 e. The SMILES string of the molecule is COc1ccc(NC(=O)CN2C(=O)[C@H]3CC=CC[C@H]3C2=O)cc1Cl. The van der Waals surface area contributed by atoms with Crippen molar-refractivity contribution in [2.75, 3.05) is 19.0 Å². The third kappa shape index (κ3) is 3.01. The maximum absolute atomic E-state index is 12.3. The molecular weight excluding hydrogens is 332 g/mol. The number of hydrogen-bond acceptors (Lipinski definition) is 4. The number of ether oxygens (including phenoxy) is 1. The second-order valence-corrected chi connectivity index (χ2v) is 6.22. The van der Waals surface area contributed by atoms with Crippen molar-refractivity contribution in [2.24, 2.45) is 11.8 Å². The number of anilines is 1. The molecule has 3 rings (SSSR count). The number of methoxy groups -OCH3 is 1. The highest BCUT2D eigenvalue weighted by atomic mass is 35.5. The van der Waals surface area contributed by atoms with E-state index in [1.54, 1.807) is 18.2 Å². The first kappa shape index (κ1) is 16.5. The Morgan fingerprint density at radius 2 is 1.88 bits per heavy atom. The van der Waals surface area contributed by atoms with Gasteiger partial charge in [0, 0.05) is 5.69 Å². The molecule has 1 aliphatic carbocycles. The van der Waals surface area contributed by atoms with Gasteiger partial charge in [0.05, 0.1) is 24.0 Å². The third-order valence-electron chi connectivity index (χ3n) is 4.34. The maximum atomic E-state index is 12.3. The van der Waals surface area contributed by atoms with Gasteiger partial charge >= 0.3 is 0 Å². The van der Waals surface area contributed by atoms with Crippen LogP contribution in [0.3, 0.4) is 0 Å². The van der Waals surface area contributed by atoms with Crippen LogP contribution < -0.4 is 10.1 Å². The second kappa shape index (κ2) is 6.65. The zero-order chi connectivity index (χ0) is 17.3. The summed E-state index contributed by atoms with van der Waals surface area (Å²) in [4.78, 5) is 37.9. The summed E-state index contributed by atoms with van der Waals surface area (Å²) in [7, 11) is 1.50. The van der Waals surface area contributed by atoms with E-state index in [2.05, 4.69) is 5.32 Å². The number of halogens is 1. The Morgan fingerprint density at radius 3 is 2.42 bits per heavy atom. The third-order valence-corrected chi connectivity index (χ3v) is 4.63. The Bertz CT molecular complexity index is 705. The van der Waals surface area contributed by atoms with E-state index in [-0.39, 0.29) is 30.2 Å². The fourth-order valence-corrected chi connectivity index (χ4v) is 3.37. The molecule has 0 saturated carbocycles. The molecule has 1 saturated heterocycles. The standard InChI is InChI=1S/C17H17ClN2O4/c1-24-14-7-6-10(8-13(14)18)19-15(21)9-20-16(22)11-4-2-3-5-12(11)17(20)23/h2-3,6-8,11-12H,4-5,9H2,1H3,(H,19,21)/t11-,12+. The van der Waals surface area contributed by atoms with Crippen molar-refractivity contribution in [3.63, 3.8) is 0 Å². The molecule has 6 nitrogen and oxygen atoms in total. The van der Waals surface area contributed by atoms with Crippen molar-refractivity contribution in [1.82, 2.24) is 4.90 Å². The molecular formula is C17H17ClN2O4. The first-order chi connectivity index (χ1) is 11.5. The Balaban J connectivity index is 1.66. The molecule has 1 fully saturated rings. The lowest BCUT2D eigenvalue weighted by Gasteiger charge is -2.15. The Kier molecular flexibility index (Phi) is 4.57. The zero-order valence-corrected chi connectivity index (χ0v) is 13.9. The predicted molar refractivity (Wildman–Crippen MR) is 88.7 cm³/mol. The number of rotatable bonds is 4. The zero-order valence-electron chi connectivity index (χ0n) is 13.1. The number of benzene rings is 1. The number of allylic oxidation sites excluding steroid dienone is 2. The van der Waals surface area contributed by atoms with Crippen LogP contribution in [0, 0.1) is 11.8 Å². The lowest BCUT2D eigenvalue weighted by atomic mass is 9.85. The van der Waals surface area contributed by atoms with E-state index in [0.717, 1.165) is 4.90 Å². The molecule has 24 heavy (non-hydrogen) atoms. The second-order valence-electron chi connectivity index (χ2n) is 5.82. The van der Waals surface area contributed by atoms with Crippen LogP contribution >= 0.6 is 11.6 Å². The molecule has 7 heteroatoms. The molecule has 126 valence electrons. The van der Waals surface area contributed by atoms with Crippen molar-refractivity contribution in [3.8, 4) is 5.75 Å². The molecule has 0 bridgehead atoms. The number of nitrogens with zero attached hydrogens (tertiary/aromatic N) is 1. The fourth-order valence-electron chi connectivity index (χ4n) is 3.11. The van der Waals surface area contributed by atoms with Crippen molar-refractivity contribution in [3.05, 3.63) is 35.4 Å². The van der Waals surface area contributed by atoms with Crippen LogP contribution in [0.4, 0.5) is 5.69 Å². The molecule has 3 amide bonds. The van der Waals surface area contributed by atoms with Crippen molar-refractivity contribution in [2.45, 2.75) is 12.8 Å². The number of likely N-dealkylation sites (tertiary alicyclic amines) is 1. The van der Waals surface area contributed by atoms with Crippen LogP contribution in [0.15, 0.2) is 30.4 Å². The van der Waals surface area contributed by atoms with Gasteiger partial charge in [0.1, 0.15) is 12.3 Å². The van der Waals surface area contributed by atoms with Gasteiger partial charge in [0.2, 0.25) is 17.7 Å². The molecule has 0 spiro atoms. The summed E-state index contributed by atoms with van der Waals surface area (Å²) in [6, 6.07) is 4.82. The summed E-state index contributed by atoms with van der Waals surface area (Å²) in [6.45, 7) is -0.283. The quantitative estimate of drug-likeness (QED) is 0.668. The van der Waals surface area contributed by atoms with Crippen LogP contribution in [-0.4, -0.2) is 36.3 Å². The average Bonchev–Trinajstić information content (AvgIpc) is 2.80. The molecule has 2 atom stereocenters. The van der Waals surface area contributed by atoms with Crippen LogP contribution in [0.25, 0.3) is 0 Å². The van der Waals surface area contributed by atoms with E-state index >= 15 is 0 Å². The van der Waals surface area contributed by atoms with E-state index < -0.39 is 5.91 Å². The Hall–Kier alpha value is -2.34. The highest BCUT2D eigenvalue weighted by molar-refractivity contribution is 6.32. The van der Waals surface area contributed by atoms with Crippen LogP contribution in [0.5, 0.6) is 5.75 Å². The molecule has 1 aliphatic heterocycles. The lowest BCUT2D eigenvalue weighted by molar-refractivity contribution is -0.142. The molecule has 1 heterocycles. The van der Waals surface area contributed by atoms with Crippen LogP contribution in [0.2, 0.25) is 5.02 Å². The van der Waals surface area contributed by atoms with Gasteiger partial charge in [-0.2, -0.15) is 0 Å². The molecule has 0 radical (unpaired) electrons. The van der Waals surface area contributed by atoms with Crippen molar-refractivity contribution >= 4 is 35.0 Å². The van der Waals surface area contributed by atoms with E-state index in [1.165, 1.54) is 7.11 Å². The normalized spacial score (nSPS) is 22.5. The lowest BCUT2D eigenvalue weighted by Crippen LogP contribution is -2.38. The van der Waals surface area contributed by atoms with Crippen molar-refractivity contribution in [1.29, 1.82) is 0 Å². The number of carbonyl (C=O) groups is 3. The molecule has 1 aromatic carbocycles. The van der Waals surface area contributed by atoms with Gasteiger partial charge in [-0.25, -0.2) is 0 Å². The summed E-state index contributed by atoms with van der Waals surface area (Å²) in [5, 5.41) is 3.00. The largest absolute Gasteiger partial charge is 0.495 e. The fraction of sp³-hybridized carbons (Fsp3) is 0.353. The van der Waals surface area contributed by atoms with Crippen LogP contribution in [-0.2, 0) is 14.4 Å². The minimum absolute atomic E-state index is 0.266. The Morgan fingerprint density at radius 1 is 1.25 bits per heavy atom.